The second-order valence-electron chi connectivity index (χ2n) is 6.79. The van der Waals surface area contributed by atoms with Crippen LogP contribution in [0.25, 0.3) is 0 Å². The van der Waals surface area contributed by atoms with Crippen molar-refractivity contribution >= 4 is 0 Å². The summed E-state index contributed by atoms with van der Waals surface area (Å²) in [7, 11) is 0. The van der Waals surface area contributed by atoms with Crippen molar-refractivity contribution < 1.29 is 4.74 Å². The summed E-state index contributed by atoms with van der Waals surface area (Å²) in [5.41, 5.74) is 8.58. The van der Waals surface area contributed by atoms with Gasteiger partial charge in [0.15, 0.2) is 0 Å². The number of hydrogen-bond acceptors (Lipinski definition) is 3. The Morgan fingerprint density at radius 2 is 2.00 bits per heavy atom. The molecule has 3 heteroatoms. The van der Waals surface area contributed by atoms with Crippen LogP contribution in [0.4, 0.5) is 0 Å². The third kappa shape index (κ3) is 4.58. The predicted molar refractivity (Wildman–Crippen MR) is 96.0 cm³/mol. The maximum atomic E-state index is 5.85. The molecule has 1 aromatic carbocycles. The van der Waals surface area contributed by atoms with Crippen molar-refractivity contribution in [3.05, 3.63) is 41.5 Å². The van der Waals surface area contributed by atoms with Crippen LogP contribution in [-0.4, -0.2) is 37.7 Å². The third-order valence-electron chi connectivity index (χ3n) is 5.05. The van der Waals surface area contributed by atoms with Gasteiger partial charge < -0.3 is 15.4 Å². The van der Waals surface area contributed by atoms with Gasteiger partial charge in [-0.15, -0.1) is 0 Å². The van der Waals surface area contributed by atoms with E-state index in [4.69, 9.17) is 10.5 Å². The Kier molecular flexibility index (Phi) is 6.12. The fourth-order valence-corrected chi connectivity index (χ4v) is 3.56. The maximum absolute atomic E-state index is 5.85. The van der Waals surface area contributed by atoms with Crippen LogP contribution >= 0.6 is 0 Å². The Labute approximate surface area is 140 Å². The zero-order valence-electron chi connectivity index (χ0n) is 14.2. The molecule has 1 atom stereocenters. The largest absolute Gasteiger partial charge is 0.494 e. The Morgan fingerprint density at radius 3 is 2.70 bits per heavy atom. The molecule has 0 aromatic heterocycles. The summed E-state index contributed by atoms with van der Waals surface area (Å²) in [6.07, 6.45) is 9.95. The molecule has 0 saturated carbocycles. The van der Waals surface area contributed by atoms with Crippen molar-refractivity contribution in [2.45, 2.75) is 44.4 Å². The molecule has 0 amide bonds. The summed E-state index contributed by atoms with van der Waals surface area (Å²) >= 11 is 0. The van der Waals surface area contributed by atoms with E-state index in [1.165, 1.54) is 50.8 Å². The summed E-state index contributed by atoms with van der Waals surface area (Å²) in [6, 6.07) is 8.70. The van der Waals surface area contributed by atoms with Crippen molar-refractivity contribution in [3.8, 4) is 5.75 Å². The topological polar surface area (TPSA) is 38.5 Å². The Morgan fingerprint density at radius 1 is 1.17 bits per heavy atom. The van der Waals surface area contributed by atoms with Gasteiger partial charge in [0.1, 0.15) is 5.75 Å². The van der Waals surface area contributed by atoms with Gasteiger partial charge in [0.25, 0.3) is 0 Å². The Balaban J connectivity index is 1.69. The number of allylic oxidation sites excluding steroid dienone is 1. The normalized spacial score (nSPS) is 19.8. The van der Waals surface area contributed by atoms with Gasteiger partial charge >= 0.3 is 0 Å². The SMILES string of the molecule is NCCCOc1cccc(C(CN2CCCCC2)C2=CCC2)c1. The molecule has 1 aliphatic heterocycles. The van der Waals surface area contributed by atoms with Gasteiger partial charge in [-0.3, -0.25) is 0 Å². The van der Waals surface area contributed by atoms with E-state index in [2.05, 4.69) is 35.2 Å². The Hall–Kier alpha value is -1.32. The van der Waals surface area contributed by atoms with Crippen LogP contribution in [0.15, 0.2) is 35.9 Å². The lowest BCUT2D eigenvalue weighted by Gasteiger charge is -2.34. The van der Waals surface area contributed by atoms with Crippen LogP contribution in [0.1, 0.15) is 50.0 Å². The van der Waals surface area contributed by atoms with E-state index in [0.29, 0.717) is 19.1 Å². The molecular weight excluding hydrogens is 284 g/mol. The minimum atomic E-state index is 0.542. The van der Waals surface area contributed by atoms with Crippen molar-refractivity contribution in [2.75, 3.05) is 32.8 Å². The summed E-state index contributed by atoms with van der Waals surface area (Å²) in [4.78, 5) is 2.65. The van der Waals surface area contributed by atoms with E-state index >= 15 is 0 Å². The number of nitrogens with two attached hydrogens (primary N) is 1. The fourth-order valence-electron chi connectivity index (χ4n) is 3.56. The van der Waals surface area contributed by atoms with Crippen LogP contribution in [-0.2, 0) is 0 Å². The minimum Gasteiger partial charge on any atom is -0.494 e. The molecule has 1 heterocycles. The molecule has 126 valence electrons. The van der Waals surface area contributed by atoms with Crippen molar-refractivity contribution in [3.63, 3.8) is 0 Å². The average Bonchev–Trinajstić information content (AvgIpc) is 2.54. The summed E-state index contributed by atoms with van der Waals surface area (Å²) in [5, 5.41) is 0. The highest BCUT2D eigenvalue weighted by atomic mass is 16.5. The predicted octanol–water partition coefficient (Wildman–Crippen LogP) is 3.70. The molecule has 3 nitrogen and oxygen atoms in total. The fraction of sp³-hybridized carbons (Fsp3) is 0.600. The number of ether oxygens (including phenoxy) is 1. The zero-order valence-corrected chi connectivity index (χ0v) is 14.2. The molecule has 1 fully saturated rings. The van der Waals surface area contributed by atoms with Crippen LogP contribution in [0.2, 0.25) is 0 Å². The van der Waals surface area contributed by atoms with Gasteiger partial charge in [0.05, 0.1) is 6.61 Å². The van der Waals surface area contributed by atoms with Gasteiger partial charge in [0, 0.05) is 12.5 Å². The molecular formula is C20H30N2O. The monoisotopic (exact) mass is 314 g/mol. The summed E-state index contributed by atoms with van der Waals surface area (Å²) in [5.74, 6) is 1.53. The molecule has 1 aromatic rings. The Bertz CT molecular complexity index is 520. The lowest BCUT2D eigenvalue weighted by atomic mass is 9.82. The molecule has 0 spiro atoms. The summed E-state index contributed by atoms with van der Waals surface area (Å²) in [6.45, 7) is 5.08. The zero-order chi connectivity index (χ0) is 15.9. The third-order valence-corrected chi connectivity index (χ3v) is 5.05. The first kappa shape index (κ1) is 16.5. The highest BCUT2D eigenvalue weighted by Crippen LogP contribution is 2.36. The molecule has 23 heavy (non-hydrogen) atoms. The second kappa shape index (κ2) is 8.51. The van der Waals surface area contributed by atoms with Gasteiger partial charge in [-0.1, -0.05) is 30.2 Å². The van der Waals surface area contributed by atoms with Gasteiger partial charge in [0.2, 0.25) is 0 Å². The second-order valence-corrected chi connectivity index (χ2v) is 6.79. The molecule has 1 aliphatic carbocycles. The van der Waals surface area contributed by atoms with E-state index in [-0.39, 0.29) is 0 Å². The van der Waals surface area contributed by atoms with E-state index < -0.39 is 0 Å². The van der Waals surface area contributed by atoms with Crippen molar-refractivity contribution in [2.24, 2.45) is 5.73 Å². The van der Waals surface area contributed by atoms with Crippen LogP contribution in [0.5, 0.6) is 5.75 Å². The number of nitrogens with zero attached hydrogens (tertiary/aromatic N) is 1. The van der Waals surface area contributed by atoms with Gasteiger partial charge in [-0.2, -0.15) is 0 Å². The number of benzene rings is 1. The van der Waals surface area contributed by atoms with Crippen molar-refractivity contribution in [1.82, 2.24) is 4.90 Å². The lowest BCUT2D eigenvalue weighted by molar-refractivity contribution is 0.220. The molecule has 1 unspecified atom stereocenters. The van der Waals surface area contributed by atoms with E-state index in [1.54, 1.807) is 5.57 Å². The first-order valence-electron chi connectivity index (χ1n) is 9.21. The lowest BCUT2D eigenvalue weighted by Crippen LogP contribution is -2.34. The smallest absolute Gasteiger partial charge is 0.119 e. The van der Waals surface area contributed by atoms with E-state index in [1.807, 2.05) is 0 Å². The molecule has 0 radical (unpaired) electrons. The van der Waals surface area contributed by atoms with Gasteiger partial charge in [-0.05, 0) is 69.4 Å². The number of hydrogen-bond donors (Lipinski definition) is 1. The van der Waals surface area contributed by atoms with E-state index in [0.717, 1.165) is 18.7 Å². The molecule has 1 saturated heterocycles. The first-order chi connectivity index (χ1) is 11.4. The average molecular weight is 314 g/mol. The highest BCUT2D eigenvalue weighted by molar-refractivity contribution is 5.37. The van der Waals surface area contributed by atoms with Crippen LogP contribution in [0.3, 0.4) is 0 Å². The molecule has 3 rings (SSSR count). The minimum absolute atomic E-state index is 0.542. The molecule has 2 aliphatic rings. The van der Waals surface area contributed by atoms with Crippen molar-refractivity contribution in [1.29, 1.82) is 0 Å². The molecule has 0 bridgehead atoms. The van der Waals surface area contributed by atoms with Gasteiger partial charge in [-0.25, -0.2) is 0 Å². The maximum Gasteiger partial charge on any atom is 0.119 e. The number of rotatable bonds is 8. The summed E-state index contributed by atoms with van der Waals surface area (Å²) < 4.78 is 5.85. The van der Waals surface area contributed by atoms with E-state index in [9.17, 15) is 0 Å². The highest BCUT2D eigenvalue weighted by Gasteiger charge is 2.24. The molecule has 2 N–H and O–H groups in total. The standard InChI is InChI=1S/C20H30N2O/c21-11-6-14-23-19-10-5-9-18(15-19)20(17-7-4-8-17)16-22-12-2-1-3-13-22/h5,7,9-10,15,20H,1-4,6,8,11-14,16,21H2. The van der Waals surface area contributed by atoms with Crippen LogP contribution in [0, 0.1) is 0 Å². The number of likely N-dealkylation sites (tertiary alicyclic amines) is 1. The first-order valence-corrected chi connectivity index (χ1v) is 9.21. The quantitative estimate of drug-likeness (QED) is 0.587. The number of piperidine rings is 1. The van der Waals surface area contributed by atoms with Crippen LogP contribution < -0.4 is 10.5 Å².